The van der Waals surface area contributed by atoms with Crippen molar-refractivity contribution in [3.05, 3.63) is 47.6 Å². The SMILES string of the molecule is C=C(C)[C@@H]1CC[C@]2(C(=O)OC)CC[C@@]3(C)[C@H](CC[C@@H]4[C@@]5(C)C/C(=C\c6ccc(OCC)cc6)C(=O)C(C)(C)[C@H]5CC[C@]43C)[C@H]12. The normalized spacial score (nSPS) is 43.3. The minimum atomic E-state index is -0.397. The Balaban J connectivity index is 1.38. The molecule has 5 fully saturated rings. The van der Waals surface area contributed by atoms with Crippen LogP contribution in [0.3, 0.4) is 0 Å². The summed E-state index contributed by atoms with van der Waals surface area (Å²) in [5.41, 5.74) is 2.86. The second kappa shape index (κ2) is 10.6. The molecule has 4 nitrogen and oxygen atoms in total. The quantitative estimate of drug-likeness (QED) is 0.192. The fourth-order valence-corrected chi connectivity index (χ4v) is 12.7. The number of hydrogen-bond donors (Lipinski definition) is 0. The molecule has 5 aliphatic rings. The first-order chi connectivity index (χ1) is 20.7. The summed E-state index contributed by atoms with van der Waals surface area (Å²) in [6.07, 6.45) is 11.6. The number of rotatable bonds is 5. The van der Waals surface area contributed by atoms with Crippen LogP contribution in [0.25, 0.3) is 6.08 Å². The first-order valence-electron chi connectivity index (χ1n) is 17.4. The Bertz CT molecular complexity index is 1370. The van der Waals surface area contributed by atoms with E-state index in [1.807, 2.05) is 19.1 Å². The zero-order chi connectivity index (χ0) is 31.9. The van der Waals surface area contributed by atoms with Gasteiger partial charge in [0.05, 0.1) is 19.1 Å². The Morgan fingerprint density at radius 3 is 2.27 bits per heavy atom. The third-order valence-corrected chi connectivity index (χ3v) is 14.8. The van der Waals surface area contributed by atoms with Gasteiger partial charge in [-0.1, -0.05) is 58.9 Å². The molecule has 0 spiro atoms. The highest BCUT2D eigenvalue weighted by Gasteiger charge is 2.72. The molecule has 0 bridgehead atoms. The van der Waals surface area contributed by atoms with Gasteiger partial charge in [0.25, 0.3) is 0 Å². The zero-order valence-electron chi connectivity index (χ0n) is 28.7. The lowest BCUT2D eigenvalue weighted by Gasteiger charge is -2.72. The van der Waals surface area contributed by atoms with E-state index < -0.39 is 5.41 Å². The van der Waals surface area contributed by atoms with Crippen molar-refractivity contribution in [3.63, 3.8) is 0 Å². The van der Waals surface area contributed by atoms with Crippen LogP contribution in [-0.2, 0) is 14.3 Å². The van der Waals surface area contributed by atoms with E-state index in [1.165, 1.54) is 12.0 Å². The van der Waals surface area contributed by atoms with E-state index in [2.05, 4.69) is 66.3 Å². The van der Waals surface area contributed by atoms with Gasteiger partial charge in [-0.3, -0.25) is 9.59 Å². The average molecular weight is 601 g/mol. The van der Waals surface area contributed by atoms with E-state index >= 15 is 0 Å². The summed E-state index contributed by atoms with van der Waals surface area (Å²) in [5, 5.41) is 0. The summed E-state index contributed by atoms with van der Waals surface area (Å²) < 4.78 is 11.2. The van der Waals surface area contributed by atoms with Gasteiger partial charge in [0.15, 0.2) is 5.78 Å². The molecule has 44 heavy (non-hydrogen) atoms. The largest absolute Gasteiger partial charge is 0.494 e. The summed E-state index contributed by atoms with van der Waals surface area (Å²) in [6.45, 7) is 21.5. The molecule has 0 saturated heterocycles. The van der Waals surface area contributed by atoms with Gasteiger partial charge in [0, 0.05) is 5.41 Å². The highest BCUT2D eigenvalue weighted by molar-refractivity contribution is 6.04. The number of methoxy groups -OCH3 is 1. The predicted molar refractivity (Wildman–Crippen MR) is 177 cm³/mol. The second-order valence-corrected chi connectivity index (χ2v) is 16.7. The van der Waals surface area contributed by atoms with Gasteiger partial charge in [-0.25, -0.2) is 0 Å². The molecule has 5 saturated carbocycles. The van der Waals surface area contributed by atoms with Gasteiger partial charge < -0.3 is 9.47 Å². The number of ether oxygens (including phenoxy) is 2. The van der Waals surface area contributed by atoms with Crippen LogP contribution in [-0.4, -0.2) is 25.5 Å². The van der Waals surface area contributed by atoms with Crippen LogP contribution in [0, 0.1) is 56.7 Å². The number of fused-ring (bicyclic) bond motifs is 7. The monoisotopic (exact) mass is 600 g/mol. The summed E-state index contributed by atoms with van der Waals surface area (Å²) in [6, 6.07) is 8.19. The number of carbonyl (C=O) groups is 2. The Hall–Kier alpha value is -2.36. The summed E-state index contributed by atoms with van der Waals surface area (Å²) in [5.74, 6) is 3.30. The molecule has 4 heteroatoms. The summed E-state index contributed by atoms with van der Waals surface area (Å²) in [4.78, 5) is 27.7. The smallest absolute Gasteiger partial charge is 0.312 e. The first-order valence-corrected chi connectivity index (χ1v) is 17.4. The van der Waals surface area contributed by atoms with Crippen LogP contribution in [0.1, 0.15) is 112 Å². The standard InChI is InChI=1S/C40H56O4/c1-10-44-28-13-11-26(12-14-28)23-27-24-37(6)31(36(4,5)34(27)41)18-19-39(8)32(37)16-15-30-33-29(25(2)3)17-20-40(33,35(42)43-9)22-21-38(30,39)7/h11-14,23,29-33H,2,10,15-22,24H2,1,3-9H3/b27-23+/t29-,30+,31+,32+,33-,37-,38-,39+,40-/m0/s1. The highest BCUT2D eigenvalue weighted by Crippen LogP contribution is 2.77. The molecule has 1 aromatic rings. The maximum absolute atomic E-state index is 14.2. The second-order valence-electron chi connectivity index (χ2n) is 16.7. The summed E-state index contributed by atoms with van der Waals surface area (Å²) in [7, 11) is 1.58. The molecular formula is C40H56O4. The number of esters is 1. The lowest BCUT2D eigenvalue weighted by atomic mass is 9.32. The molecule has 9 atom stereocenters. The van der Waals surface area contributed by atoms with Crippen molar-refractivity contribution in [2.75, 3.05) is 13.7 Å². The van der Waals surface area contributed by atoms with Gasteiger partial charge in [0.1, 0.15) is 5.75 Å². The van der Waals surface area contributed by atoms with Crippen molar-refractivity contribution in [1.82, 2.24) is 0 Å². The highest BCUT2D eigenvalue weighted by atomic mass is 16.5. The number of ketones is 1. The van der Waals surface area contributed by atoms with E-state index in [0.29, 0.717) is 42.0 Å². The Kier molecular flexibility index (Phi) is 7.61. The number of Topliss-reactive ketones (excluding diaryl/α,β-unsaturated/α-hetero) is 1. The Morgan fingerprint density at radius 2 is 1.64 bits per heavy atom. The number of hydrogen-bond acceptors (Lipinski definition) is 4. The molecule has 0 aromatic heterocycles. The fraction of sp³-hybridized carbons (Fsp3) is 0.700. The van der Waals surface area contributed by atoms with E-state index in [1.54, 1.807) is 7.11 Å². The van der Waals surface area contributed by atoms with Crippen molar-refractivity contribution in [2.45, 2.75) is 106 Å². The van der Waals surface area contributed by atoms with Gasteiger partial charge in [-0.05, 0) is 147 Å². The van der Waals surface area contributed by atoms with E-state index in [-0.39, 0.29) is 27.6 Å². The summed E-state index contributed by atoms with van der Waals surface area (Å²) >= 11 is 0. The number of allylic oxidation sites excluding steroid dienone is 2. The molecule has 5 aliphatic carbocycles. The maximum atomic E-state index is 14.2. The van der Waals surface area contributed by atoms with Crippen molar-refractivity contribution >= 4 is 17.8 Å². The Morgan fingerprint density at radius 1 is 0.932 bits per heavy atom. The van der Waals surface area contributed by atoms with Gasteiger partial charge in [-0.2, -0.15) is 0 Å². The van der Waals surface area contributed by atoms with Crippen LogP contribution in [0.2, 0.25) is 0 Å². The molecular weight excluding hydrogens is 544 g/mol. The third kappa shape index (κ3) is 4.20. The molecule has 240 valence electrons. The van der Waals surface area contributed by atoms with Crippen LogP contribution in [0.15, 0.2) is 42.0 Å². The van der Waals surface area contributed by atoms with E-state index in [0.717, 1.165) is 68.3 Å². The zero-order valence-corrected chi connectivity index (χ0v) is 28.7. The van der Waals surface area contributed by atoms with E-state index in [9.17, 15) is 9.59 Å². The van der Waals surface area contributed by atoms with Crippen molar-refractivity contribution in [1.29, 1.82) is 0 Å². The van der Waals surface area contributed by atoms with Gasteiger partial charge in [0.2, 0.25) is 0 Å². The minimum absolute atomic E-state index is 0.0212. The molecule has 6 rings (SSSR count). The fourth-order valence-electron chi connectivity index (χ4n) is 12.7. The van der Waals surface area contributed by atoms with Gasteiger partial charge in [-0.15, -0.1) is 0 Å². The molecule has 0 unspecified atom stereocenters. The molecule has 1 aromatic carbocycles. The van der Waals surface area contributed by atoms with E-state index in [4.69, 9.17) is 9.47 Å². The topological polar surface area (TPSA) is 52.6 Å². The average Bonchev–Trinajstić information content (AvgIpc) is 3.38. The molecule has 0 N–H and O–H groups in total. The molecule has 0 aliphatic heterocycles. The first kappa shape index (κ1) is 31.6. The van der Waals surface area contributed by atoms with Gasteiger partial charge >= 0.3 is 5.97 Å². The predicted octanol–water partition coefficient (Wildman–Crippen LogP) is 9.48. The molecule has 0 heterocycles. The minimum Gasteiger partial charge on any atom is -0.494 e. The van der Waals surface area contributed by atoms with Crippen molar-refractivity contribution in [2.24, 2.45) is 56.7 Å². The Labute approximate surface area is 266 Å². The lowest BCUT2D eigenvalue weighted by molar-refractivity contribution is -0.232. The molecule has 0 radical (unpaired) electrons. The van der Waals surface area contributed by atoms with Crippen LogP contribution < -0.4 is 4.74 Å². The van der Waals surface area contributed by atoms with Crippen LogP contribution in [0.4, 0.5) is 0 Å². The van der Waals surface area contributed by atoms with Crippen LogP contribution in [0.5, 0.6) is 5.75 Å². The lowest BCUT2D eigenvalue weighted by Crippen LogP contribution is -2.67. The maximum Gasteiger partial charge on any atom is 0.312 e. The van der Waals surface area contributed by atoms with Crippen LogP contribution >= 0.6 is 0 Å². The number of carbonyl (C=O) groups excluding carboxylic acids is 2. The molecule has 0 amide bonds. The third-order valence-electron chi connectivity index (χ3n) is 14.8. The number of benzene rings is 1. The van der Waals surface area contributed by atoms with Crippen molar-refractivity contribution < 1.29 is 19.1 Å². The van der Waals surface area contributed by atoms with Crippen molar-refractivity contribution in [3.8, 4) is 5.75 Å².